The fraction of sp³-hybridized carbons (Fsp3) is 0.154. The first kappa shape index (κ1) is 11.9. The molecule has 0 fully saturated rings. The van der Waals surface area contributed by atoms with Gasteiger partial charge in [-0.3, -0.25) is 4.98 Å². The van der Waals surface area contributed by atoms with Crippen molar-refractivity contribution in [3.8, 4) is 5.75 Å². The Balaban J connectivity index is 2.04. The van der Waals surface area contributed by atoms with Gasteiger partial charge in [-0.15, -0.1) is 0 Å². The van der Waals surface area contributed by atoms with E-state index in [2.05, 4.69) is 26.2 Å². The topological polar surface area (TPSA) is 34.1 Å². The highest BCUT2D eigenvalue weighted by Gasteiger charge is 2.01. The van der Waals surface area contributed by atoms with E-state index < -0.39 is 0 Å². The minimum atomic E-state index is 0.771. The van der Waals surface area contributed by atoms with E-state index in [1.54, 1.807) is 19.5 Å². The maximum absolute atomic E-state index is 5.24. The summed E-state index contributed by atoms with van der Waals surface area (Å²) in [6.45, 7) is 0.771. The van der Waals surface area contributed by atoms with Gasteiger partial charge in [0.1, 0.15) is 5.75 Å². The number of halogens is 1. The van der Waals surface area contributed by atoms with Crippen LogP contribution in [0, 0.1) is 0 Å². The van der Waals surface area contributed by atoms with Crippen LogP contribution in [0.1, 0.15) is 5.56 Å². The predicted octanol–water partition coefficient (Wildman–Crippen LogP) is 3.46. The Morgan fingerprint density at radius 1 is 1.24 bits per heavy atom. The average Bonchev–Trinajstić information content (AvgIpc) is 2.39. The first-order chi connectivity index (χ1) is 8.29. The molecule has 0 spiro atoms. The van der Waals surface area contributed by atoms with Crippen molar-refractivity contribution in [2.45, 2.75) is 6.54 Å². The molecule has 88 valence electrons. The molecule has 1 aromatic heterocycles. The van der Waals surface area contributed by atoms with Crippen molar-refractivity contribution in [1.82, 2.24) is 4.98 Å². The van der Waals surface area contributed by atoms with Crippen LogP contribution in [0.5, 0.6) is 5.75 Å². The number of anilines is 1. The molecular weight excluding hydrogens is 280 g/mol. The second-order valence-electron chi connectivity index (χ2n) is 3.56. The minimum Gasteiger partial charge on any atom is -0.495 e. The first-order valence-electron chi connectivity index (χ1n) is 5.26. The molecule has 4 heteroatoms. The molecule has 0 aliphatic rings. The Morgan fingerprint density at radius 3 is 2.71 bits per heavy atom. The van der Waals surface area contributed by atoms with Crippen LogP contribution in [0.4, 0.5) is 5.69 Å². The van der Waals surface area contributed by atoms with Crippen LogP contribution in [0.3, 0.4) is 0 Å². The summed E-state index contributed by atoms with van der Waals surface area (Å²) in [5.74, 6) is 0.824. The van der Waals surface area contributed by atoms with E-state index in [1.807, 2.05) is 30.3 Å². The second-order valence-corrected chi connectivity index (χ2v) is 4.41. The van der Waals surface area contributed by atoms with Gasteiger partial charge in [-0.05, 0) is 45.8 Å². The van der Waals surface area contributed by atoms with Gasteiger partial charge in [-0.1, -0.05) is 0 Å². The molecule has 0 radical (unpaired) electrons. The van der Waals surface area contributed by atoms with Gasteiger partial charge in [0, 0.05) is 30.7 Å². The molecule has 1 N–H and O–H groups in total. The lowest BCUT2D eigenvalue weighted by Gasteiger charge is -2.09. The molecule has 0 atom stereocenters. The summed E-state index contributed by atoms with van der Waals surface area (Å²) in [5.41, 5.74) is 2.23. The van der Waals surface area contributed by atoms with Crippen LogP contribution in [0.25, 0.3) is 0 Å². The van der Waals surface area contributed by atoms with Crippen molar-refractivity contribution in [2.75, 3.05) is 12.4 Å². The smallest absolute Gasteiger partial charge is 0.135 e. The summed E-state index contributed by atoms with van der Waals surface area (Å²) in [6, 6.07) is 9.92. The van der Waals surface area contributed by atoms with Crippen LogP contribution in [-0.2, 0) is 6.54 Å². The number of nitrogens with zero attached hydrogens (tertiary/aromatic N) is 1. The van der Waals surface area contributed by atoms with Crippen LogP contribution >= 0.6 is 15.9 Å². The summed E-state index contributed by atoms with van der Waals surface area (Å²) in [5, 5.41) is 3.33. The monoisotopic (exact) mass is 292 g/mol. The normalized spacial score (nSPS) is 10.0. The zero-order chi connectivity index (χ0) is 12.1. The lowest BCUT2D eigenvalue weighted by Crippen LogP contribution is -1.99. The summed E-state index contributed by atoms with van der Waals surface area (Å²) in [6.07, 6.45) is 3.58. The standard InChI is InChI=1S/C13H13BrN2O/c1-17-13-8-11(2-3-12(13)14)16-9-10-4-6-15-7-5-10/h2-8,16H,9H2,1H3. The van der Waals surface area contributed by atoms with Gasteiger partial charge in [0.15, 0.2) is 0 Å². The zero-order valence-electron chi connectivity index (χ0n) is 9.48. The molecule has 0 bridgehead atoms. The Labute approximate surface area is 109 Å². The van der Waals surface area contributed by atoms with Gasteiger partial charge in [-0.2, -0.15) is 0 Å². The number of rotatable bonds is 4. The Kier molecular flexibility index (Phi) is 3.98. The van der Waals surface area contributed by atoms with E-state index in [0.29, 0.717) is 0 Å². The number of ether oxygens (including phenoxy) is 1. The average molecular weight is 293 g/mol. The summed E-state index contributed by atoms with van der Waals surface area (Å²) in [7, 11) is 1.66. The van der Waals surface area contributed by atoms with Crippen molar-refractivity contribution in [1.29, 1.82) is 0 Å². The second kappa shape index (κ2) is 5.68. The molecular formula is C13H13BrN2O. The number of pyridine rings is 1. The Bertz CT molecular complexity index is 488. The fourth-order valence-corrected chi connectivity index (χ4v) is 1.88. The molecule has 0 amide bonds. The van der Waals surface area contributed by atoms with Crippen LogP contribution in [-0.4, -0.2) is 12.1 Å². The molecule has 17 heavy (non-hydrogen) atoms. The van der Waals surface area contributed by atoms with Crippen molar-refractivity contribution in [3.05, 3.63) is 52.8 Å². The molecule has 2 rings (SSSR count). The van der Waals surface area contributed by atoms with Crippen LogP contribution < -0.4 is 10.1 Å². The zero-order valence-corrected chi connectivity index (χ0v) is 11.1. The number of methoxy groups -OCH3 is 1. The maximum atomic E-state index is 5.24. The van der Waals surface area contributed by atoms with Gasteiger partial charge >= 0.3 is 0 Å². The number of aromatic nitrogens is 1. The van der Waals surface area contributed by atoms with Gasteiger partial charge in [0.25, 0.3) is 0 Å². The highest BCUT2D eigenvalue weighted by Crippen LogP contribution is 2.27. The summed E-state index contributed by atoms with van der Waals surface area (Å²) < 4.78 is 6.19. The van der Waals surface area contributed by atoms with E-state index in [1.165, 1.54) is 5.56 Å². The molecule has 3 nitrogen and oxygen atoms in total. The Hall–Kier alpha value is -1.55. The lowest BCUT2D eigenvalue weighted by atomic mass is 10.2. The number of hydrogen-bond acceptors (Lipinski definition) is 3. The molecule has 0 unspecified atom stereocenters. The third-order valence-electron chi connectivity index (χ3n) is 2.40. The van der Waals surface area contributed by atoms with Crippen LogP contribution in [0.15, 0.2) is 47.2 Å². The molecule has 0 aliphatic heterocycles. The van der Waals surface area contributed by atoms with E-state index in [4.69, 9.17) is 4.74 Å². The quantitative estimate of drug-likeness (QED) is 0.937. The molecule has 1 aromatic carbocycles. The fourth-order valence-electron chi connectivity index (χ4n) is 1.47. The van der Waals surface area contributed by atoms with Gasteiger partial charge < -0.3 is 10.1 Å². The van der Waals surface area contributed by atoms with Crippen molar-refractivity contribution in [2.24, 2.45) is 0 Å². The van der Waals surface area contributed by atoms with E-state index >= 15 is 0 Å². The van der Waals surface area contributed by atoms with Crippen molar-refractivity contribution in [3.63, 3.8) is 0 Å². The molecule has 0 saturated heterocycles. The van der Waals surface area contributed by atoms with Gasteiger partial charge in [0.2, 0.25) is 0 Å². The molecule has 0 saturated carbocycles. The molecule has 2 aromatic rings. The number of hydrogen-bond donors (Lipinski definition) is 1. The number of nitrogens with one attached hydrogen (secondary N) is 1. The van der Waals surface area contributed by atoms with Gasteiger partial charge in [-0.25, -0.2) is 0 Å². The van der Waals surface area contributed by atoms with Crippen molar-refractivity contribution < 1.29 is 4.74 Å². The third-order valence-corrected chi connectivity index (χ3v) is 3.05. The van der Waals surface area contributed by atoms with E-state index in [0.717, 1.165) is 22.5 Å². The SMILES string of the molecule is COc1cc(NCc2ccncc2)ccc1Br. The van der Waals surface area contributed by atoms with Crippen LogP contribution in [0.2, 0.25) is 0 Å². The molecule has 0 aliphatic carbocycles. The lowest BCUT2D eigenvalue weighted by molar-refractivity contribution is 0.412. The van der Waals surface area contributed by atoms with Crippen molar-refractivity contribution >= 4 is 21.6 Å². The largest absolute Gasteiger partial charge is 0.495 e. The highest BCUT2D eigenvalue weighted by molar-refractivity contribution is 9.10. The minimum absolute atomic E-state index is 0.771. The summed E-state index contributed by atoms with van der Waals surface area (Å²) >= 11 is 3.43. The first-order valence-corrected chi connectivity index (χ1v) is 6.05. The number of benzene rings is 1. The Morgan fingerprint density at radius 2 is 2.00 bits per heavy atom. The van der Waals surface area contributed by atoms with E-state index in [9.17, 15) is 0 Å². The van der Waals surface area contributed by atoms with E-state index in [-0.39, 0.29) is 0 Å². The van der Waals surface area contributed by atoms with Gasteiger partial charge in [0.05, 0.1) is 11.6 Å². The summed E-state index contributed by atoms with van der Waals surface area (Å²) in [4.78, 5) is 3.99. The highest BCUT2D eigenvalue weighted by atomic mass is 79.9. The maximum Gasteiger partial charge on any atom is 0.135 e. The third kappa shape index (κ3) is 3.20. The predicted molar refractivity (Wildman–Crippen MR) is 72.3 cm³/mol. The molecule has 1 heterocycles.